The number of hydrogen-bond acceptors (Lipinski definition) is 5. The summed E-state index contributed by atoms with van der Waals surface area (Å²) in [7, 11) is 0. The first-order valence-corrected chi connectivity index (χ1v) is 8.25. The molecule has 2 aliphatic heterocycles. The Balaban J connectivity index is 1.42. The van der Waals surface area contributed by atoms with Gasteiger partial charge < -0.3 is 19.4 Å². The number of nitrogens with one attached hydrogen (secondary N) is 1. The lowest BCUT2D eigenvalue weighted by atomic mass is 9.90. The summed E-state index contributed by atoms with van der Waals surface area (Å²) >= 11 is 0. The second-order valence-electron chi connectivity index (χ2n) is 6.27. The average Bonchev–Trinajstić information content (AvgIpc) is 3.00. The van der Waals surface area contributed by atoms with E-state index in [1.165, 1.54) is 12.8 Å². The van der Waals surface area contributed by atoms with Crippen LogP contribution in [0.1, 0.15) is 41.9 Å². The molecule has 1 atom stereocenters. The normalized spacial score (nSPS) is 23.7. The highest BCUT2D eigenvalue weighted by atomic mass is 16.5. The number of aryl methyl sites for hydroxylation is 1. The molecule has 1 aromatic rings. The quantitative estimate of drug-likeness (QED) is 0.915. The van der Waals surface area contributed by atoms with E-state index in [-0.39, 0.29) is 5.91 Å². The van der Waals surface area contributed by atoms with Gasteiger partial charge in [-0.25, -0.2) is 4.98 Å². The Morgan fingerprint density at radius 3 is 2.86 bits per heavy atom. The molecule has 1 amide bonds. The summed E-state index contributed by atoms with van der Waals surface area (Å²) in [6, 6.07) is 0. The number of hydrogen-bond donors (Lipinski definition) is 1. The highest BCUT2D eigenvalue weighted by molar-refractivity contribution is 5.93. The molecule has 0 bridgehead atoms. The van der Waals surface area contributed by atoms with E-state index in [2.05, 4.69) is 10.3 Å². The molecule has 1 N–H and O–H groups in total. The molecule has 0 aromatic carbocycles. The van der Waals surface area contributed by atoms with E-state index in [9.17, 15) is 4.79 Å². The van der Waals surface area contributed by atoms with Crippen LogP contribution in [0, 0.1) is 12.8 Å². The van der Waals surface area contributed by atoms with Crippen molar-refractivity contribution in [1.82, 2.24) is 15.2 Å². The predicted molar refractivity (Wildman–Crippen MR) is 81.7 cm³/mol. The lowest BCUT2D eigenvalue weighted by molar-refractivity contribution is 0.0175. The first kappa shape index (κ1) is 15.5. The first-order chi connectivity index (χ1) is 10.7. The van der Waals surface area contributed by atoms with Crippen LogP contribution in [0.5, 0.6) is 0 Å². The molecule has 0 radical (unpaired) electrons. The van der Waals surface area contributed by atoms with E-state index >= 15 is 0 Å². The Morgan fingerprint density at radius 1 is 1.41 bits per heavy atom. The van der Waals surface area contributed by atoms with Gasteiger partial charge >= 0.3 is 0 Å². The number of piperidine rings is 1. The summed E-state index contributed by atoms with van der Waals surface area (Å²) in [6.07, 6.45) is 6.16. The van der Waals surface area contributed by atoms with Crippen LogP contribution in [-0.4, -0.2) is 54.7 Å². The maximum Gasteiger partial charge on any atom is 0.276 e. The Hall–Kier alpha value is -1.40. The van der Waals surface area contributed by atoms with Crippen LogP contribution in [0.2, 0.25) is 0 Å². The summed E-state index contributed by atoms with van der Waals surface area (Å²) in [5, 5.41) is 3.37. The van der Waals surface area contributed by atoms with E-state index in [1.54, 1.807) is 6.92 Å². The molecule has 22 heavy (non-hydrogen) atoms. The van der Waals surface area contributed by atoms with E-state index in [0.29, 0.717) is 23.5 Å². The van der Waals surface area contributed by atoms with Crippen molar-refractivity contribution in [2.24, 2.45) is 5.92 Å². The molecule has 3 rings (SSSR count). The van der Waals surface area contributed by atoms with Gasteiger partial charge in [0.2, 0.25) is 0 Å². The number of aromatic nitrogens is 1. The molecule has 122 valence electrons. The van der Waals surface area contributed by atoms with Crippen LogP contribution in [0.25, 0.3) is 0 Å². The maximum absolute atomic E-state index is 12.4. The van der Waals surface area contributed by atoms with Gasteiger partial charge in [-0.1, -0.05) is 0 Å². The molecular formula is C16H25N3O3. The van der Waals surface area contributed by atoms with Gasteiger partial charge in [0.1, 0.15) is 5.76 Å². The molecule has 2 saturated heterocycles. The van der Waals surface area contributed by atoms with Gasteiger partial charge in [-0.15, -0.1) is 0 Å². The van der Waals surface area contributed by atoms with Gasteiger partial charge in [0.25, 0.3) is 5.91 Å². The fourth-order valence-corrected chi connectivity index (χ4v) is 3.31. The van der Waals surface area contributed by atoms with Gasteiger partial charge in [0.05, 0.1) is 12.7 Å². The summed E-state index contributed by atoms with van der Waals surface area (Å²) < 4.78 is 10.9. The third kappa shape index (κ3) is 3.67. The number of carbonyl (C=O) groups excluding carboxylic acids is 1. The molecular weight excluding hydrogens is 282 g/mol. The molecule has 3 heterocycles. The van der Waals surface area contributed by atoms with E-state index in [4.69, 9.17) is 9.15 Å². The molecule has 0 saturated carbocycles. The topological polar surface area (TPSA) is 67.6 Å². The number of rotatable bonds is 4. The van der Waals surface area contributed by atoms with Crippen LogP contribution < -0.4 is 5.32 Å². The molecule has 6 nitrogen and oxygen atoms in total. The van der Waals surface area contributed by atoms with Crippen molar-refractivity contribution < 1.29 is 13.9 Å². The highest BCUT2D eigenvalue weighted by Gasteiger charge is 2.26. The zero-order valence-electron chi connectivity index (χ0n) is 13.2. The molecule has 1 aromatic heterocycles. The number of ether oxygens (including phenoxy) is 1. The van der Waals surface area contributed by atoms with Crippen LogP contribution >= 0.6 is 0 Å². The van der Waals surface area contributed by atoms with Crippen LogP contribution in [0.15, 0.2) is 10.8 Å². The minimum atomic E-state index is 0.00418. The van der Waals surface area contributed by atoms with Crippen LogP contribution in [-0.2, 0) is 4.74 Å². The van der Waals surface area contributed by atoms with Crippen molar-refractivity contribution >= 4 is 5.91 Å². The number of morpholine rings is 1. The summed E-state index contributed by atoms with van der Waals surface area (Å²) in [5.41, 5.74) is 0.458. The highest BCUT2D eigenvalue weighted by Crippen LogP contribution is 2.24. The number of likely N-dealkylation sites (tertiary alicyclic amines) is 1. The third-order valence-electron chi connectivity index (χ3n) is 4.75. The summed E-state index contributed by atoms with van der Waals surface area (Å²) in [4.78, 5) is 18.3. The second-order valence-corrected chi connectivity index (χ2v) is 6.27. The lowest BCUT2D eigenvalue weighted by Crippen LogP contribution is -2.40. The molecule has 1 unspecified atom stereocenters. The molecule has 0 spiro atoms. The van der Waals surface area contributed by atoms with Crippen molar-refractivity contribution in [2.75, 3.05) is 32.8 Å². The number of nitrogens with zero attached hydrogens (tertiary/aromatic N) is 2. The predicted octanol–water partition coefficient (Wildman–Crippen LogP) is 1.60. The van der Waals surface area contributed by atoms with Crippen molar-refractivity contribution in [3.8, 4) is 0 Å². The van der Waals surface area contributed by atoms with Gasteiger partial charge in [0, 0.05) is 26.2 Å². The van der Waals surface area contributed by atoms with Crippen LogP contribution in [0.4, 0.5) is 0 Å². The zero-order valence-corrected chi connectivity index (χ0v) is 13.2. The van der Waals surface area contributed by atoms with Crippen molar-refractivity contribution in [3.63, 3.8) is 0 Å². The Bertz CT molecular complexity index is 489. The van der Waals surface area contributed by atoms with E-state index in [0.717, 1.165) is 52.0 Å². The monoisotopic (exact) mass is 307 g/mol. The van der Waals surface area contributed by atoms with Crippen LogP contribution in [0.3, 0.4) is 0 Å². The summed E-state index contributed by atoms with van der Waals surface area (Å²) in [5.74, 6) is 1.31. The largest absolute Gasteiger partial charge is 0.448 e. The van der Waals surface area contributed by atoms with Gasteiger partial charge in [0.15, 0.2) is 12.1 Å². The van der Waals surface area contributed by atoms with Crippen molar-refractivity contribution in [1.29, 1.82) is 0 Å². The number of amides is 1. The fourth-order valence-electron chi connectivity index (χ4n) is 3.31. The lowest BCUT2D eigenvalue weighted by Gasteiger charge is -2.32. The van der Waals surface area contributed by atoms with Gasteiger partial charge in [-0.05, 0) is 38.5 Å². The Labute approximate surface area is 131 Å². The SMILES string of the molecule is Cc1ocnc1C(=O)N1CCC(CCC2CNCCO2)CC1. The zero-order chi connectivity index (χ0) is 15.4. The van der Waals surface area contributed by atoms with Crippen molar-refractivity contribution in [2.45, 2.75) is 38.7 Å². The maximum atomic E-state index is 12.4. The number of oxazole rings is 1. The van der Waals surface area contributed by atoms with E-state index < -0.39 is 0 Å². The standard InChI is InChI=1S/C16H25N3O3/c1-12-15(18-11-22-12)16(20)19-7-4-13(5-8-19)2-3-14-10-17-6-9-21-14/h11,13-14,17H,2-10H2,1H3. The summed E-state index contributed by atoms with van der Waals surface area (Å²) in [6.45, 7) is 6.19. The molecule has 2 fully saturated rings. The smallest absolute Gasteiger partial charge is 0.276 e. The number of carbonyl (C=O) groups is 1. The van der Waals surface area contributed by atoms with Crippen molar-refractivity contribution in [3.05, 3.63) is 17.8 Å². The molecule has 2 aliphatic rings. The molecule has 0 aliphatic carbocycles. The molecule has 6 heteroatoms. The fraction of sp³-hybridized carbons (Fsp3) is 0.750. The van der Waals surface area contributed by atoms with E-state index in [1.807, 2.05) is 4.90 Å². The second kappa shape index (κ2) is 7.24. The van der Waals surface area contributed by atoms with Gasteiger partial charge in [-0.3, -0.25) is 4.79 Å². The minimum Gasteiger partial charge on any atom is -0.448 e. The average molecular weight is 307 g/mol. The third-order valence-corrected chi connectivity index (χ3v) is 4.75. The Kier molecular flexibility index (Phi) is 5.10. The Morgan fingerprint density at radius 2 is 2.23 bits per heavy atom. The first-order valence-electron chi connectivity index (χ1n) is 8.25. The van der Waals surface area contributed by atoms with Gasteiger partial charge in [-0.2, -0.15) is 0 Å². The minimum absolute atomic E-state index is 0.00418.